The van der Waals surface area contributed by atoms with E-state index in [1.165, 1.54) is 0 Å². The molecule has 2 rings (SSSR count). The van der Waals surface area contributed by atoms with E-state index in [9.17, 15) is 22.8 Å². The van der Waals surface area contributed by atoms with E-state index in [-0.39, 0.29) is 6.10 Å². The summed E-state index contributed by atoms with van der Waals surface area (Å²) in [6.45, 7) is 4.30. The van der Waals surface area contributed by atoms with Crippen LogP contribution < -0.4 is 10.1 Å². The van der Waals surface area contributed by atoms with Crippen molar-refractivity contribution in [3.8, 4) is 5.75 Å². The molecule has 1 aliphatic heterocycles. The molecule has 3 atom stereocenters. The number of likely N-dealkylation sites (tertiary alicyclic amines) is 1. The van der Waals surface area contributed by atoms with Crippen LogP contribution in [-0.4, -0.2) is 47.4 Å². The van der Waals surface area contributed by atoms with Crippen LogP contribution in [0.1, 0.15) is 32.4 Å². The third-order valence-corrected chi connectivity index (χ3v) is 4.41. The van der Waals surface area contributed by atoms with Gasteiger partial charge in [-0.2, -0.15) is 13.2 Å². The number of amides is 2. The van der Waals surface area contributed by atoms with E-state index in [0.717, 1.165) is 10.5 Å². The Morgan fingerprint density at radius 3 is 2.44 bits per heavy atom. The number of carbonyl (C=O) groups is 2. The summed E-state index contributed by atoms with van der Waals surface area (Å²) < 4.78 is 44.7. The lowest BCUT2D eigenvalue weighted by Crippen LogP contribution is -2.40. The molecule has 2 N–H and O–H groups in total. The summed E-state index contributed by atoms with van der Waals surface area (Å²) in [6, 6.07) is 5.82. The molecule has 1 aromatic carbocycles. The van der Waals surface area contributed by atoms with Crippen molar-refractivity contribution < 1.29 is 32.6 Å². The van der Waals surface area contributed by atoms with Crippen LogP contribution in [0.5, 0.6) is 5.75 Å². The summed E-state index contributed by atoms with van der Waals surface area (Å²) in [5.74, 6) is -4.67. The first-order chi connectivity index (χ1) is 12.5. The van der Waals surface area contributed by atoms with Crippen molar-refractivity contribution in [3.05, 3.63) is 29.8 Å². The maximum atomic E-state index is 13.0. The van der Waals surface area contributed by atoms with Gasteiger partial charge in [0.2, 0.25) is 0 Å². The molecule has 150 valence electrons. The summed E-state index contributed by atoms with van der Waals surface area (Å²) in [7, 11) is 0. The Kier molecular flexibility index (Phi) is 6.22. The zero-order valence-electron chi connectivity index (χ0n) is 15.3. The Morgan fingerprint density at radius 1 is 1.26 bits per heavy atom. The van der Waals surface area contributed by atoms with Crippen LogP contribution in [0, 0.1) is 11.8 Å². The van der Waals surface area contributed by atoms with Crippen molar-refractivity contribution in [1.82, 2.24) is 10.2 Å². The van der Waals surface area contributed by atoms with Crippen LogP contribution >= 0.6 is 0 Å². The summed E-state index contributed by atoms with van der Waals surface area (Å²) in [4.78, 5) is 24.4. The molecule has 0 radical (unpaired) electrons. The van der Waals surface area contributed by atoms with E-state index >= 15 is 0 Å². The summed E-state index contributed by atoms with van der Waals surface area (Å²) in [5.41, 5.74) is 0.725. The van der Waals surface area contributed by atoms with Crippen LogP contribution in [0.3, 0.4) is 0 Å². The molecular formula is C18H23F3N2O4. The number of nitrogens with one attached hydrogen (secondary N) is 1. The smallest absolute Gasteiger partial charge is 0.394 e. The van der Waals surface area contributed by atoms with Gasteiger partial charge in [-0.1, -0.05) is 12.1 Å². The standard InChI is InChI=1S/C18H23F3N2O4/c1-10(2)27-13-6-4-5-12(7-13)11(3)22-17(26)23-8-14(16(24)25)15(9-23)18(19,20)21/h4-7,10-11,14-15H,8-9H2,1-3H3,(H,22,26)(H,24,25)/t11?,14-,15-/m1/s1. The van der Waals surface area contributed by atoms with E-state index < -0.39 is 49.1 Å². The van der Waals surface area contributed by atoms with Crippen molar-refractivity contribution in [2.75, 3.05) is 13.1 Å². The zero-order chi connectivity index (χ0) is 20.4. The molecule has 9 heteroatoms. The Bertz CT molecular complexity index is 693. The molecule has 27 heavy (non-hydrogen) atoms. The highest BCUT2D eigenvalue weighted by Crippen LogP contribution is 2.37. The number of hydrogen-bond donors (Lipinski definition) is 2. The Balaban J connectivity index is 2.05. The van der Waals surface area contributed by atoms with Gasteiger partial charge in [-0.05, 0) is 38.5 Å². The highest BCUT2D eigenvalue weighted by molar-refractivity contribution is 5.78. The van der Waals surface area contributed by atoms with E-state index in [0.29, 0.717) is 5.75 Å². The van der Waals surface area contributed by atoms with Crippen molar-refractivity contribution in [1.29, 1.82) is 0 Å². The average Bonchev–Trinajstić information content (AvgIpc) is 3.00. The van der Waals surface area contributed by atoms with Gasteiger partial charge in [-0.25, -0.2) is 4.79 Å². The molecule has 0 bridgehead atoms. The molecule has 1 saturated heterocycles. The van der Waals surface area contributed by atoms with E-state index in [2.05, 4.69) is 5.32 Å². The number of rotatable bonds is 5. The third-order valence-electron chi connectivity index (χ3n) is 4.41. The van der Waals surface area contributed by atoms with Gasteiger partial charge >= 0.3 is 18.2 Å². The number of urea groups is 1. The predicted molar refractivity (Wildman–Crippen MR) is 91.4 cm³/mol. The van der Waals surface area contributed by atoms with Crippen molar-refractivity contribution in [3.63, 3.8) is 0 Å². The third kappa shape index (κ3) is 5.27. The van der Waals surface area contributed by atoms with Crippen molar-refractivity contribution in [2.24, 2.45) is 11.8 Å². The van der Waals surface area contributed by atoms with Crippen LogP contribution in [0.4, 0.5) is 18.0 Å². The van der Waals surface area contributed by atoms with Gasteiger partial charge in [0.15, 0.2) is 0 Å². The maximum absolute atomic E-state index is 13.0. The number of carbonyl (C=O) groups excluding carboxylic acids is 1. The number of aliphatic carboxylic acids is 1. The second kappa shape index (κ2) is 8.06. The Hall–Kier alpha value is -2.45. The number of nitrogens with zero attached hydrogens (tertiary/aromatic N) is 1. The van der Waals surface area contributed by atoms with Crippen LogP contribution in [0.25, 0.3) is 0 Å². The minimum atomic E-state index is -4.67. The monoisotopic (exact) mass is 388 g/mol. The molecule has 1 heterocycles. The molecule has 0 spiro atoms. The molecule has 1 aliphatic rings. The average molecular weight is 388 g/mol. The molecule has 2 amide bonds. The molecule has 1 fully saturated rings. The first-order valence-corrected chi connectivity index (χ1v) is 8.60. The largest absolute Gasteiger partial charge is 0.491 e. The first-order valence-electron chi connectivity index (χ1n) is 8.60. The summed E-state index contributed by atoms with van der Waals surface area (Å²) >= 11 is 0. The fourth-order valence-corrected chi connectivity index (χ4v) is 3.04. The number of benzene rings is 1. The SMILES string of the molecule is CC(C)Oc1cccc(C(C)NC(=O)N2C[C@@H](C(F)(F)F)[C@H](C(=O)O)C2)c1. The molecule has 1 aromatic rings. The molecule has 0 aliphatic carbocycles. The number of halogens is 3. The van der Waals surface area contributed by atoms with E-state index in [4.69, 9.17) is 9.84 Å². The second-order valence-electron chi connectivity index (χ2n) is 6.91. The van der Waals surface area contributed by atoms with Crippen LogP contribution in [0.2, 0.25) is 0 Å². The molecule has 1 unspecified atom stereocenters. The lowest BCUT2D eigenvalue weighted by Gasteiger charge is -2.22. The number of ether oxygens (including phenoxy) is 1. The van der Waals surface area contributed by atoms with Crippen LogP contribution in [0.15, 0.2) is 24.3 Å². The molecular weight excluding hydrogens is 365 g/mol. The van der Waals surface area contributed by atoms with Gasteiger partial charge in [0.25, 0.3) is 0 Å². The number of carboxylic acids is 1. The summed E-state index contributed by atoms with van der Waals surface area (Å²) in [5, 5.41) is 11.7. The quantitative estimate of drug-likeness (QED) is 0.810. The van der Waals surface area contributed by atoms with E-state index in [1.807, 2.05) is 13.8 Å². The molecule has 0 aromatic heterocycles. The highest BCUT2D eigenvalue weighted by atomic mass is 19.4. The number of alkyl halides is 3. The van der Waals surface area contributed by atoms with Gasteiger partial charge in [-0.15, -0.1) is 0 Å². The van der Waals surface area contributed by atoms with Gasteiger partial charge < -0.3 is 20.1 Å². The normalized spacial score (nSPS) is 21.2. The fourth-order valence-electron chi connectivity index (χ4n) is 3.04. The number of hydrogen-bond acceptors (Lipinski definition) is 3. The predicted octanol–water partition coefficient (Wildman–Crippen LogP) is 3.44. The topological polar surface area (TPSA) is 78.9 Å². The minimum absolute atomic E-state index is 0.0259. The lowest BCUT2D eigenvalue weighted by atomic mass is 9.96. The maximum Gasteiger partial charge on any atom is 0.394 e. The number of carboxylic acid groups (broad SMARTS) is 1. The first kappa shape index (κ1) is 20.9. The van der Waals surface area contributed by atoms with Gasteiger partial charge in [0.05, 0.1) is 24.0 Å². The lowest BCUT2D eigenvalue weighted by molar-refractivity contribution is -0.187. The summed E-state index contributed by atoms with van der Waals surface area (Å²) in [6.07, 6.45) is -4.70. The van der Waals surface area contributed by atoms with E-state index in [1.54, 1.807) is 31.2 Å². The second-order valence-corrected chi connectivity index (χ2v) is 6.91. The van der Waals surface area contributed by atoms with Crippen molar-refractivity contribution >= 4 is 12.0 Å². The van der Waals surface area contributed by atoms with Crippen molar-refractivity contribution in [2.45, 2.75) is 39.1 Å². The highest BCUT2D eigenvalue weighted by Gasteiger charge is 2.53. The Labute approximate surface area is 155 Å². The Morgan fingerprint density at radius 2 is 1.93 bits per heavy atom. The molecule has 6 nitrogen and oxygen atoms in total. The minimum Gasteiger partial charge on any atom is -0.491 e. The van der Waals surface area contributed by atoms with Gasteiger partial charge in [0.1, 0.15) is 5.75 Å². The fraction of sp³-hybridized carbons (Fsp3) is 0.556. The molecule has 0 saturated carbocycles. The van der Waals surface area contributed by atoms with Gasteiger partial charge in [-0.3, -0.25) is 4.79 Å². The van der Waals surface area contributed by atoms with Gasteiger partial charge in [0, 0.05) is 13.1 Å². The van der Waals surface area contributed by atoms with Crippen LogP contribution in [-0.2, 0) is 4.79 Å². The zero-order valence-corrected chi connectivity index (χ0v) is 15.3.